The maximum absolute atomic E-state index is 13.1. The summed E-state index contributed by atoms with van der Waals surface area (Å²) in [5.74, 6) is 0.318. The van der Waals surface area contributed by atoms with E-state index in [0.29, 0.717) is 33.9 Å². The number of carboxylic acid groups (broad SMARTS) is 1. The Bertz CT molecular complexity index is 1060. The molecule has 0 aliphatic heterocycles. The van der Waals surface area contributed by atoms with Gasteiger partial charge >= 0.3 is 5.97 Å². The van der Waals surface area contributed by atoms with E-state index in [1.807, 2.05) is 13.0 Å². The van der Waals surface area contributed by atoms with E-state index in [9.17, 15) is 14.7 Å². The molecular formula is C27H35ClN2O4. The first-order valence-corrected chi connectivity index (χ1v) is 12.6. The van der Waals surface area contributed by atoms with Crippen LogP contribution in [0.5, 0.6) is 0 Å². The molecule has 4 rings (SSSR count). The highest BCUT2D eigenvalue weighted by molar-refractivity contribution is 6.33. The summed E-state index contributed by atoms with van der Waals surface area (Å²) < 4.78 is 5.87. The maximum Gasteiger partial charge on any atom is 0.304 e. The van der Waals surface area contributed by atoms with Gasteiger partial charge in [-0.1, -0.05) is 43.6 Å². The summed E-state index contributed by atoms with van der Waals surface area (Å²) in [6.45, 7) is 8.75. The molecule has 2 aliphatic rings. The van der Waals surface area contributed by atoms with Gasteiger partial charge in [-0.15, -0.1) is 0 Å². The fourth-order valence-electron chi connectivity index (χ4n) is 5.24. The van der Waals surface area contributed by atoms with Crippen LogP contribution < -0.4 is 5.32 Å². The lowest BCUT2D eigenvalue weighted by Gasteiger charge is -2.38. The number of benzene rings is 1. The number of carbonyl (C=O) groups is 2. The molecule has 0 saturated heterocycles. The highest BCUT2D eigenvalue weighted by Crippen LogP contribution is 2.52. The van der Waals surface area contributed by atoms with Crippen LogP contribution in [0.2, 0.25) is 5.02 Å². The Kier molecular flexibility index (Phi) is 7.09. The Hall–Kier alpha value is -2.34. The number of aromatic nitrogens is 1. The van der Waals surface area contributed by atoms with E-state index in [-0.39, 0.29) is 18.7 Å². The highest BCUT2D eigenvalue weighted by atomic mass is 35.5. The number of nitrogens with one attached hydrogen (secondary N) is 1. The average Bonchev–Trinajstić information content (AvgIpc) is 3.45. The van der Waals surface area contributed by atoms with Crippen LogP contribution in [-0.4, -0.2) is 22.1 Å². The van der Waals surface area contributed by atoms with Crippen molar-refractivity contribution in [1.82, 2.24) is 5.16 Å². The molecule has 0 bridgehead atoms. The minimum atomic E-state index is -1.02. The first kappa shape index (κ1) is 24.8. The van der Waals surface area contributed by atoms with Gasteiger partial charge in [-0.2, -0.15) is 0 Å². The third-order valence-corrected chi connectivity index (χ3v) is 7.25. The Morgan fingerprint density at radius 1 is 1.24 bits per heavy atom. The summed E-state index contributed by atoms with van der Waals surface area (Å²) in [6, 6.07) is 5.36. The van der Waals surface area contributed by atoms with Crippen molar-refractivity contribution < 1.29 is 19.2 Å². The van der Waals surface area contributed by atoms with Crippen LogP contribution in [0, 0.1) is 24.2 Å². The van der Waals surface area contributed by atoms with Crippen molar-refractivity contribution in [3.8, 4) is 0 Å². The normalized spacial score (nSPS) is 21.1. The number of hydrogen-bond acceptors (Lipinski definition) is 4. The molecule has 2 fully saturated rings. The van der Waals surface area contributed by atoms with Crippen LogP contribution in [0.25, 0.3) is 0 Å². The number of aliphatic carboxylic acids is 1. The zero-order valence-electron chi connectivity index (χ0n) is 20.5. The molecule has 2 aromatic rings. The zero-order chi connectivity index (χ0) is 24.6. The molecular weight excluding hydrogens is 452 g/mol. The molecule has 1 atom stereocenters. The van der Waals surface area contributed by atoms with E-state index < -0.39 is 11.9 Å². The summed E-state index contributed by atoms with van der Waals surface area (Å²) in [5.41, 5.74) is 3.66. The van der Waals surface area contributed by atoms with Crippen LogP contribution in [0.4, 0.5) is 5.69 Å². The molecule has 0 radical (unpaired) electrons. The van der Waals surface area contributed by atoms with E-state index in [2.05, 4.69) is 31.2 Å². The molecule has 2 N–H and O–H groups in total. The van der Waals surface area contributed by atoms with E-state index in [4.69, 9.17) is 16.1 Å². The molecule has 1 aromatic heterocycles. The SMILES string of the molecule is Cc1ccc(NC(=O)[C@H](CC(=O)O)Cc2noc([C@H]3C[C@@H](CC(C)(C)C)C3)c2C2CC2)c(Cl)c1. The summed E-state index contributed by atoms with van der Waals surface area (Å²) in [5, 5.41) is 17.1. The van der Waals surface area contributed by atoms with Crippen LogP contribution in [0.15, 0.2) is 22.7 Å². The summed E-state index contributed by atoms with van der Waals surface area (Å²) in [4.78, 5) is 24.6. The number of hydrogen-bond donors (Lipinski definition) is 2. The second kappa shape index (κ2) is 9.73. The van der Waals surface area contributed by atoms with Crippen LogP contribution >= 0.6 is 11.6 Å². The molecule has 184 valence electrons. The van der Waals surface area contributed by atoms with Gasteiger partial charge in [-0.05, 0) is 74.0 Å². The molecule has 1 aromatic carbocycles. The van der Waals surface area contributed by atoms with E-state index >= 15 is 0 Å². The van der Waals surface area contributed by atoms with Gasteiger partial charge in [0, 0.05) is 17.9 Å². The minimum absolute atomic E-state index is 0.245. The summed E-state index contributed by atoms with van der Waals surface area (Å²) >= 11 is 6.27. The predicted molar refractivity (Wildman–Crippen MR) is 132 cm³/mol. The largest absolute Gasteiger partial charge is 0.481 e. The van der Waals surface area contributed by atoms with Gasteiger partial charge in [0.2, 0.25) is 5.91 Å². The van der Waals surface area contributed by atoms with Gasteiger partial charge in [0.15, 0.2) is 0 Å². The molecule has 0 unspecified atom stereocenters. The predicted octanol–water partition coefficient (Wildman–Crippen LogP) is 6.72. The molecule has 7 heteroatoms. The molecule has 2 saturated carbocycles. The van der Waals surface area contributed by atoms with Crippen molar-refractivity contribution in [3.05, 3.63) is 45.8 Å². The van der Waals surface area contributed by atoms with E-state index in [0.717, 1.165) is 48.3 Å². The first-order chi connectivity index (χ1) is 16.0. The smallest absolute Gasteiger partial charge is 0.304 e. The number of rotatable bonds is 9. The second-order valence-electron chi connectivity index (χ2n) is 11.5. The topological polar surface area (TPSA) is 92.4 Å². The molecule has 1 amide bonds. The van der Waals surface area contributed by atoms with Gasteiger partial charge in [0.05, 0.1) is 28.7 Å². The number of carboxylic acids is 1. The van der Waals surface area contributed by atoms with Gasteiger partial charge in [-0.25, -0.2) is 0 Å². The molecule has 0 spiro atoms. The monoisotopic (exact) mass is 486 g/mol. The number of halogens is 1. The number of anilines is 1. The standard InChI is InChI=1S/C27H35ClN2O4/c1-15-5-8-21(20(28)9-15)29-26(33)19(13-23(31)32)12-22-24(17-6-7-17)25(34-30-22)18-10-16(11-18)14-27(2,3)4/h5,8-9,16-19H,6-7,10-14H2,1-4H3,(H,29,33)(H,31,32)/t16-,18+,19-/m0/s1. The molecule has 2 aliphatic carbocycles. The van der Waals surface area contributed by atoms with Crippen molar-refractivity contribution in [2.75, 3.05) is 5.32 Å². The molecule has 1 heterocycles. The van der Waals surface area contributed by atoms with E-state index in [1.54, 1.807) is 12.1 Å². The molecule has 34 heavy (non-hydrogen) atoms. The zero-order valence-corrected chi connectivity index (χ0v) is 21.2. The van der Waals surface area contributed by atoms with Crippen LogP contribution in [-0.2, 0) is 16.0 Å². The van der Waals surface area contributed by atoms with E-state index in [1.165, 1.54) is 6.42 Å². The van der Waals surface area contributed by atoms with Crippen molar-refractivity contribution >= 4 is 29.2 Å². The highest BCUT2D eigenvalue weighted by Gasteiger charge is 2.41. The van der Waals surface area contributed by atoms with Crippen LogP contribution in [0.1, 0.15) is 93.7 Å². The average molecular weight is 487 g/mol. The number of aryl methyl sites for hydroxylation is 1. The first-order valence-electron chi connectivity index (χ1n) is 12.3. The van der Waals surface area contributed by atoms with Gasteiger partial charge < -0.3 is 14.9 Å². The number of nitrogens with zero attached hydrogens (tertiary/aromatic N) is 1. The molecule has 6 nitrogen and oxygen atoms in total. The van der Waals surface area contributed by atoms with Gasteiger partial charge in [0.1, 0.15) is 5.76 Å². The minimum Gasteiger partial charge on any atom is -0.481 e. The third-order valence-electron chi connectivity index (χ3n) is 6.94. The fraction of sp³-hybridized carbons (Fsp3) is 0.593. The lowest BCUT2D eigenvalue weighted by atomic mass is 9.67. The van der Waals surface area contributed by atoms with Gasteiger partial charge in [0.25, 0.3) is 0 Å². The Morgan fingerprint density at radius 2 is 1.94 bits per heavy atom. The Balaban J connectivity index is 1.49. The van der Waals surface area contributed by atoms with Crippen molar-refractivity contribution in [2.24, 2.45) is 17.3 Å². The Morgan fingerprint density at radius 3 is 2.53 bits per heavy atom. The van der Waals surface area contributed by atoms with Gasteiger partial charge in [-0.3, -0.25) is 9.59 Å². The maximum atomic E-state index is 13.1. The number of amides is 1. The quantitative estimate of drug-likeness (QED) is 0.410. The van der Waals surface area contributed by atoms with Crippen molar-refractivity contribution in [1.29, 1.82) is 0 Å². The lowest BCUT2D eigenvalue weighted by Crippen LogP contribution is -2.28. The summed E-state index contributed by atoms with van der Waals surface area (Å²) in [6.07, 6.45) is 5.56. The van der Waals surface area contributed by atoms with Crippen molar-refractivity contribution in [3.63, 3.8) is 0 Å². The van der Waals surface area contributed by atoms with Crippen LogP contribution in [0.3, 0.4) is 0 Å². The fourth-order valence-corrected chi connectivity index (χ4v) is 5.52. The second-order valence-corrected chi connectivity index (χ2v) is 11.9. The van der Waals surface area contributed by atoms with Crippen molar-refractivity contribution in [2.45, 2.75) is 84.5 Å². The third kappa shape index (κ3) is 6.01. The number of carbonyl (C=O) groups excluding carboxylic acids is 1. The lowest BCUT2D eigenvalue weighted by molar-refractivity contribution is -0.140. The summed E-state index contributed by atoms with van der Waals surface area (Å²) in [7, 11) is 0. The Labute approximate surface area is 206 Å².